The Morgan fingerprint density at radius 1 is 1.29 bits per heavy atom. The number of benzene rings is 1. The van der Waals surface area contributed by atoms with Gasteiger partial charge < -0.3 is 5.73 Å². The van der Waals surface area contributed by atoms with Gasteiger partial charge in [0.25, 0.3) is 0 Å². The lowest BCUT2D eigenvalue weighted by Crippen LogP contribution is -1.99. The van der Waals surface area contributed by atoms with E-state index in [1.54, 1.807) is 0 Å². The van der Waals surface area contributed by atoms with Crippen molar-refractivity contribution in [1.29, 1.82) is 0 Å². The molecule has 1 heterocycles. The third-order valence-electron chi connectivity index (χ3n) is 2.26. The van der Waals surface area contributed by atoms with Gasteiger partial charge in [-0.05, 0) is 34.5 Å². The summed E-state index contributed by atoms with van der Waals surface area (Å²) >= 11 is 3.54. The van der Waals surface area contributed by atoms with E-state index in [0.717, 1.165) is 21.1 Å². The summed E-state index contributed by atoms with van der Waals surface area (Å²) in [4.78, 5) is 4.48. The van der Waals surface area contributed by atoms with Crippen molar-refractivity contribution in [3.63, 3.8) is 0 Å². The number of halogens is 1. The first-order valence-corrected chi connectivity index (χ1v) is 5.26. The zero-order chi connectivity index (χ0) is 10.1. The lowest BCUT2D eigenvalue weighted by molar-refractivity contribution is 1.01. The quantitative estimate of drug-likeness (QED) is 0.846. The van der Waals surface area contributed by atoms with Crippen molar-refractivity contribution in [3.8, 4) is 0 Å². The number of nitrogens with zero attached hydrogens (tertiary/aromatic N) is 1. The molecule has 0 bridgehead atoms. The molecule has 0 aliphatic heterocycles. The Labute approximate surface area is 91.3 Å². The minimum atomic E-state index is 0.482. The van der Waals surface area contributed by atoms with Crippen LogP contribution in [0.3, 0.4) is 0 Å². The van der Waals surface area contributed by atoms with Crippen LogP contribution in [0.2, 0.25) is 0 Å². The average molecular weight is 251 g/mol. The van der Waals surface area contributed by atoms with Gasteiger partial charge in [0.05, 0.1) is 11.2 Å². The van der Waals surface area contributed by atoms with Crippen molar-refractivity contribution in [2.45, 2.75) is 13.5 Å². The molecule has 2 aromatic rings. The lowest BCUT2D eigenvalue weighted by atomic mass is 10.1. The fourth-order valence-corrected chi connectivity index (χ4v) is 1.86. The zero-order valence-electron chi connectivity index (χ0n) is 7.92. The summed E-state index contributed by atoms with van der Waals surface area (Å²) in [7, 11) is 0. The number of fused-ring (bicyclic) bond motifs is 1. The number of nitrogens with two attached hydrogens (primary N) is 1. The molecule has 72 valence electrons. The van der Waals surface area contributed by atoms with E-state index in [1.165, 1.54) is 5.56 Å². The molecule has 1 aromatic carbocycles. The molecule has 0 radical (unpaired) electrons. The fourth-order valence-electron chi connectivity index (χ4n) is 1.41. The molecule has 2 N–H and O–H groups in total. The van der Waals surface area contributed by atoms with Gasteiger partial charge in [-0.15, -0.1) is 0 Å². The van der Waals surface area contributed by atoms with Crippen LogP contribution in [0.5, 0.6) is 0 Å². The molecule has 0 amide bonds. The largest absolute Gasteiger partial charge is 0.325 e. The van der Waals surface area contributed by atoms with Crippen molar-refractivity contribution >= 4 is 26.8 Å². The highest BCUT2D eigenvalue weighted by atomic mass is 79.9. The van der Waals surface area contributed by atoms with Crippen LogP contribution >= 0.6 is 15.9 Å². The molecule has 0 spiro atoms. The van der Waals surface area contributed by atoms with Crippen LogP contribution in [0.1, 0.15) is 11.3 Å². The molecule has 0 saturated heterocycles. The first kappa shape index (κ1) is 9.62. The molecule has 3 heteroatoms. The summed E-state index contributed by atoms with van der Waals surface area (Å²) in [5, 5.41) is 1.14. The van der Waals surface area contributed by atoms with Gasteiger partial charge in [-0.1, -0.05) is 18.2 Å². The molecular formula is C11H11BrN2. The summed E-state index contributed by atoms with van der Waals surface area (Å²) in [6.45, 7) is 2.54. The summed E-state index contributed by atoms with van der Waals surface area (Å²) in [6, 6.07) is 8.16. The molecule has 0 saturated carbocycles. The standard InChI is InChI=1S/C11H11BrN2/c1-7-2-3-8-4-5-9(6-13)14-11(8)10(7)12/h2-5H,6,13H2,1H3. The van der Waals surface area contributed by atoms with Crippen LogP contribution in [0.25, 0.3) is 10.9 Å². The second-order valence-corrected chi connectivity index (χ2v) is 4.07. The van der Waals surface area contributed by atoms with Gasteiger partial charge in [0.2, 0.25) is 0 Å². The van der Waals surface area contributed by atoms with Gasteiger partial charge >= 0.3 is 0 Å². The molecule has 1 aromatic heterocycles. The SMILES string of the molecule is Cc1ccc2ccc(CN)nc2c1Br. The molecular weight excluding hydrogens is 240 g/mol. The van der Waals surface area contributed by atoms with Gasteiger partial charge in [0.1, 0.15) is 0 Å². The van der Waals surface area contributed by atoms with Crippen LogP contribution < -0.4 is 5.73 Å². The maximum absolute atomic E-state index is 5.55. The first-order chi connectivity index (χ1) is 6.72. The van der Waals surface area contributed by atoms with Crippen molar-refractivity contribution in [3.05, 3.63) is 40.0 Å². The predicted octanol–water partition coefficient (Wildman–Crippen LogP) is 2.76. The highest BCUT2D eigenvalue weighted by Gasteiger charge is 2.03. The van der Waals surface area contributed by atoms with Crippen molar-refractivity contribution in [1.82, 2.24) is 4.98 Å². The zero-order valence-corrected chi connectivity index (χ0v) is 9.51. The molecule has 0 aliphatic carbocycles. The van der Waals surface area contributed by atoms with Gasteiger partial charge in [-0.25, -0.2) is 0 Å². The smallest absolute Gasteiger partial charge is 0.0850 e. The highest BCUT2D eigenvalue weighted by Crippen LogP contribution is 2.25. The third kappa shape index (κ3) is 1.53. The predicted molar refractivity (Wildman–Crippen MR) is 62.1 cm³/mol. The Morgan fingerprint density at radius 3 is 2.71 bits per heavy atom. The number of hydrogen-bond donors (Lipinski definition) is 1. The van der Waals surface area contributed by atoms with Gasteiger partial charge in [-0.2, -0.15) is 0 Å². The van der Waals surface area contributed by atoms with Crippen LogP contribution in [-0.4, -0.2) is 4.98 Å². The van der Waals surface area contributed by atoms with E-state index in [-0.39, 0.29) is 0 Å². The maximum Gasteiger partial charge on any atom is 0.0850 e. The Morgan fingerprint density at radius 2 is 2.00 bits per heavy atom. The summed E-state index contributed by atoms with van der Waals surface area (Å²) in [5.41, 5.74) is 8.66. The molecule has 0 fully saturated rings. The Hall–Kier alpha value is -0.930. The van der Waals surface area contributed by atoms with Crippen LogP contribution in [0.4, 0.5) is 0 Å². The van der Waals surface area contributed by atoms with Crippen molar-refractivity contribution < 1.29 is 0 Å². The highest BCUT2D eigenvalue weighted by molar-refractivity contribution is 9.10. The molecule has 0 aliphatic rings. The summed E-state index contributed by atoms with van der Waals surface area (Å²) < 4.78 is 1.06. The van der Waals surface area contributed by atoms with E-state index in [2.05, 4.69) is 46.0 Å². The molecule has 0 unspecified atom stereocenters. The van der Waals surface area contributed by atoms with Crippen LogP contribution in [-0.2, 0) is 6.54 Å². The first-order valence-electron chi connectivity index (χ1n) is 4.47. The van der Waals surface area contributed by atoms with E-state index in [9.17, 15) is 0 Å². The Kier molecular flexibility index (Phi) is 2.52. The normalized spacial score (nSPS) is 10.8. The average Bonchev–Trinajstić information content (AvgIpc) is 2.23. The second kappa shape index (κ2) is 3.67. The van der Waals surface area contributed by atoms with E-state index < -0.39 is 0 Å². The Bertz CT molecular complexity index is 480. The van der Waals surface area contributed by atoms with Gasteiger partial charge in [0, 0.05) is 16.4 Å². The number of hydrogen-bond acceptors (Lipinski definition) is 2. The molecule has 2 rings (SSSR count). The van der Waals surface area contributed by atoms with Gasteiger partial charge in [-0.3, -0.25) is 4.98 Å². The van der Waals surface area contributed by atoms with E-state index in [1.807, 2.05) is 6.07 Å². The molecule has 14 heavy (non-hydrogen) atoms. The fraction of sp³-hybridized carbons (Fsp3) is 0.182. The lowest BCUT2D eigenvalue weighted by Gasteiger charge is -2.04. The summed E-state index contributed by atoms with van der Waals surface area (Å²) in [5.74, 6) is 0. The van der Waals surface area contributed by atoms with Crippen molar-refractivity contribution in [2.24, 2.45) is 5.73 Å². The molecule has 2 nitrogen and oxygen atoms in total. The number of rotatable bonds is 1. The monoisotopic (exact) mass is 250 g/mol. The second-order valence-electron chi connectivity index (χ2n) is 3.27. The van der Waals surface area contributed by atoms with E-state index in [4.69, 9.17) is 5.73 Å². The van der Waals surface area contributed by atoms with Crippen LogP contribution in [0, 0.1) is 6.92 Å². The summed E-state index contributed by atoms with van der Waals surface area (Å²) in [6.07, 6.45) is 0. The number of aromatic nitrogens is 1. The maximum atomic E-state index is 5.55. The minimum absolute atomic E-state index is 0.482. The number of pyridine rings is 1. The molecule has 0 atom stereocenters. The minimum Gasteiger partial charge on any atom is -0.325 e. The number of aryl methyl sites for hydroxylation is 1. The van der Waals surface area contributed by atoms with Crippen LogP contribution in [0.15, 0.2) is 28.7 Å². The van der Waals surface area contributed by atoms with E-state index in [0.29, 0.717) is 6.54 Å². The van der Waals surface area contributed by atoms with E-state index >= 15 is 0 Å². The van der Waals surface area contributed by atoms with Crippen molar-refractivity contribution in [2.75, 3.05) is 0 Å². The topological polar surface area (TPSA) is 38.9 Å². The Balaban J connectivity index is 2.78. The third-order valence-corrected chi connectivity index (χ3v) is 3.26. The van der Waals surface area contributed by atoms with Gasteiger partial charge in [0.15, 0.2) is 0 Å².